The molecule has 0 radical (unpaired) electrons. The number of aromatic nitrogens is 3. The van der Waals surface area contributed by atoms with Gasteiger partial charge in [0.05, 0.1) is 5.69 Å². The Hall–Kier alpha value is -3.40. The number of alkyl halides is 3. The lowest BCUT2D eigenvalue weighted by Gasteiger charge is -2.26. The molecule has 2 heterocycles. The molecule has 3 aromatic rings. The summed E-state index contributed by atoms with van der Waals surface area (Å²) in [6.45, 7) is 12.5. The van der Waals surface area contributed by atoms with Gasteiger partial charge in [0.1, 0.15) is 30.3 Å². The molecule has 272 valence electrons. The second-order valence-corrected chi connectivity index (χ2v) is 14.4. The molecule has 0 saturated carbocycles. The molecular weight excluding hydrogens is 631 g/mol. The van der Waals surface area contributed by atoms with Crippen LogP contribution < -0.4 is 4.74 Å². The molecule has 0 aliphatic heterocycles. The fraction of sp³-hybridized carbons (Fsp3) is 0.615. The van der Waals surface area contributed by atoms with Crippen molar-refractivity contribution in [3.05, 3.63) is 54.0 Å². The minimum atomic E-state index is -4.59. The van der Waals surface area contributed by atoms with Gasteiger partial charge in [-0.25, -0.2) is 4.98 Å². The van der Waals surface area contributed by atoms with Gasteiger partial charge in [0, 0.05) is 29.6 Å². The number of pyridine rings is 1. The highest BCUT2D eigenvalue weighted by Gasteiger charge is 2.38. The molecule has 1 aromatic carbocycles. The molecule has 0 spiro atoms. The van der Waals surface area contributed by atoms with Crippen LogP contribution in [0.3, 0.4) is 0 Å². The summed E-state index contributed by atoms with van der Waals surface area (Å²) in [6, 6.07) is 10.6. The van der Waals surface area contributed by atoms with Gasteiger partial charge in [0.15, 0.2) is 5.69 Å². The number of nitrogens with zero attached hydrogens (tertiary/aromatic N) is 3. The first kappa shape index (κ1) is 40.0. The number of ether oxygens (including phenoxy) is 2. The molecule has 0 bridgehead atoms. The average Bonchev–Trinajstić information content (AvgIpc) is 3.40. The van der Waals surface area contributed by atoms with Crippen molar-refractivity contribution >= 4 is 5.97 Å². The van der Waals surface area contributed by atoms with Crippen molar-refractivity contribution in [3.8, 4) is 28.4 Å². The maximum atomic E-state index is 13.8. The predicted octanol–water partition coefficient (Wildman–Crippen LogP) is 11.1. The second kappa shape index (κ2) is 18.6. The first-order valence-electron chi connectivity index (χ1n) is 17.9. The van der Waals surface area contributed by atoms with Gasteiger partial charge in [0.2, 0.25) is 0 Å². The fourth-order valence-electron chi connectivity index (χ4n) is 5.89. The number of carboxylic acids is 1. The summed E-state index contributed by atoms with van der Waals surface area (Å²) in [6.07, 6.45) is 9.77. The average molecular weight is 688 g/mol. The third-order valence-corrected chi connectivity index (χ3v) is 9.42. The van der Waals surface area contributed by atoms with Gasteiger partial charge in [-0.15, -0.1) is 0 Å². The number of carbonyl (C=O) groups is 1. The Kier molecular flexibility index (Phi) is 15.2. The normalized spacial score (nSPS) is 12.4. The highest BCUT2D eigenvalue weighted by Crippen LogP contribution is 2.35. The van der Waals surface area contributed by atoms with Gasteiger partial charge < -0.3 is 19.1 Å². The lowest BCUT2D eigenvalue weighted by atomic mass is 9.83. The van der Waals surface area contributed by atoms with Crippen LogP contribution in [0.5, 0.6) is 5.75 Å². The maximum absolute atomic E-state index is 13.8. The number of rotatable bonds is 21. The summed E-state index contributed by atoms with van der Waals surface area (Å²) in [5.41, 5.74) is 0.409. The van der Waals surface area contributed by atoms with Crippen LogP contribution in [-0.2, 0) is 22.4 Å². The number of imidazole rings is 1. The second-order valence-electron chi connectivity index (χ2n) is 14.4. The smallest absolute Gasteiger partial charge is 0.435 e. The Morgan fingerprint density at radius 2 is 1.41 bits per heavy atom. The van der Waals surface area contributed by atoms with E-state index >= 15 is 0 Å². The third kappa shape index (κ3) is 12.2. The number of benzene rings is 1. The predicted molar refractivity (Wildman–Crippen MR) is 188 cm³/mol. The van der Waals surface area contributed by atoms with Crippen molar-refractivity contribution in [1.82, 2.24) is 14.5 Å². The summed E-state index contributed by atoms with van der Waals surface area (Å²) in [4.78, 5) is 20.3. The molecule has 49 heavy (non-hydrogen) atoms. The van der Waals surface area contributed by atoms with E-state index in [4.69, 9.17) is 9.47 Å². The molecule has 0 aliphatic carbocycles. The largest absolute Gasteiger partial charge is 0.492 e. The number of carboxylic acid groups (broad SMARTS) is 1. The molecule has 2 aromatic heterocycles. The molecule has 10 heteroatoms. The minimum Gasteiger partial charge on any atom is -0.492 e. The van der Waals surface area contributed by atoms with Gasteiger partial charge in [-0.1, -0.05) is 86.0 Å². The van der Waals surface area contributed by atoms with Crippen LogP contribution in [0, 0.1) is 17.8 Å². The highest BCUT2D eigenvalue weighted by atomic mass is 19.4. The van der Waals surface area contributed by atoms with Gasteiger partial charge in [-0.3, -0.25) is 9.78 Å². The lowest BCUT2D eigenvalue weighted by molar-refractivity contribution is -0.151. The monoisotopic (exact) mass is 687 g/mol. The Labute approximate surface area is 290 Å². The topological polar surface area (TPSA) is 86.5 Å². The Bertz CT molecular complexity index is 1420. The number of unbranched alkanes of at least 4 members (excludes halogenated alkanes) is 8. The zero-order valence-electron chi connectivity index (χ0n) is 30.3. The van der Waals surface area contributed by atoms with Gasteiger partial charge in [-0.2, -0.15) is 13.2 Å². The van der Waals surface area contributed by atoms with Crippen LogP contribution in [0.1, 0.15) is 123 Å². The van der Waals surface area contributed by atoms with E-state index < -0.39 is 23.3 Å². The van der Waals surface area contributed by atoms with E-state index in [1.54, 1.807) is 24.3 Å². The molecule has 0 atom stereocenters. The molecule has 0 unspecified atom stereocenters. The van der Waals surface area contributed by atoms with E-state index in [9.17, 15) is 23.1 Å². The minimum absolute atomic E-state index is 0.00253. The summed E-state index contributed by atoms with van der Waals surface area (Å²) >= 11 is 0. The maximum Gasteiger partial charge on any atom is 0.435 e. The standard InChI is InChI=1S/C39H56F3N3O4/c1-7-38(8-2,36(46)47)27-49-32-21-18-30(19-22-32)33-23-20-31(26-43-33)35-44-34(39(40,41)42)29(3)45(35)28-48-25-17-15-13-11-9-10-12-14-16-24-37(4,5)6/h18-23,26H,7-17,24-25,27-28H2,1-6H3,(H,46,47). The summed E-state index contributed by atoms with van der Waals surface area (Å²) in [5.74, 6) is -0.177. The summed E-state index contributed by atoms with van der Waals surface area (Å²) < 4.78 is 54.6. The van der Waals surface area contributed by atoms with Crippen LogP contribution >= 0.6 is 0 Å². The Morgan fingerprint density at radius 1 is 0.837 bits per heavy atom. The van der Waals surface area contributed by atoms with E-state index in [0.29, 0.717) is 41.9 Å². The number of hydrogen-bond donors (Lipinski definition) is 1. The Balaban J connectivity index is 1.54. The van der Waals surface area contributed by atoms with Crippen molar-refractivity contribution < 1.29 is 32.5 Å². The van der Waals surface area contributed by atoms with Crippen molar-refractivity contribution in [2.24, 2.45) is 10.8 Å². The summed E-state index contributed by atoms with van der Waals surface area (Å²) in [7, 11) is 0. The van der Waals surface area contributed by atoms with E-state index in [1.807, 2.05) is 26.0 Å². The molecule has 1 N–H and O–H groups in total. The van der Waals surface area contributed by atoms with Gasteiger partial charge in [0.25, 0.3) is 0 Å². The first-order chi connectivity index (χ1) is 23.2. The van der Waals surface area contributed by atoms with Crippen molar-refractivity contribution in [2.75, 3.05) is 13.2 Å². The van der Waals surface area contributed by atoms with E-state index in [-0.39, 0.29) is 24.9 Å². The van der Waals surface area contributed by atoms with Crippen LogP contribution in [0.4, 0.5) is 13.2 Å². The first-order valence-corrected chi connectivity index (χ1v) is 17.9. The van der Waals surface area contributed by atoms with E-state index in [2.05, 4.69) is 30.7 Å². The van der Waals surface area contributed by atoms with Crippen LogP contribution in [0.25, 0.3) is 22.6 Å². The molecule has 3 rings (SSSR count). The third-order valence-electron chi connectivity index (χ3n) is 9.42. The van der Waals surface area contributed by atoms with Gasteiger partial charge >= 0.3 is 12.1 Å². The number of hydrogen-bond acceptors (Lipinski definition) is 5. The fourth-order valence-corrected chi connectivity index (χ4v) is 5.89. The number of halogens is 3. The SMILES string of the molecule is CCC(CC)(COc1ccc(-c2ccc(-c3nc(C(F)(F)F)c(C)n3COCCCCCCCCCCCC(C)(C)C)cn2)cc1)C(=O)O. The van der Waals surface area contributed by atoms with Crippen molar-refractivity contribution in [3.63, 3.8) is 0 Å². The molecule has 0 amide bonds. The quantitative estimate of drug-likeness (QED) is 0.112. The molecular formula is C39H56F3N3O4. The lowest BCUT2D eigenvalue weighted by Crippen LogP contribution is -2.36. The number of aliphatic carboxylic acids is 1. The van der Waals surface area contributed by atoms with Crippen LogP contribution in [0.15, 0.2) is 42.6 Å². The zero-order chi connectivity index (χ0) is 36.1. The molecule has 0 aliphatic rings. The zero-order valence-corrected chi connectivity index (χ0v) is 30.3. The molecule has 0 fully saturated rings. The van der Waals surface area contributed by atoms with Crippen LogP contribution in [0.2, 0.25) is 0 Å². The molecule has 7 nitrogen and oxygen atoms in total. The van der Waals surface area contributed by atoms with E-state index in [1.165, 1.54) is 62.6 Å². The van der Waals surface area contributed by atoms with Crippen molar-refractivity contribution in [2.45, 2.75) is 131 Å². The van der Waals surface area contributed by atoms with Gasteiger partial charge in [-0.05, 0) is 74.4 Å². The van der Waals surface area contributed by atoms with Crippen LogP contribution in [-0.4, -0.2) is 38.8 Å². The highest BCUT2D eigenvalue weighted by molar-refractivity contribution is 5.74. The Morgan fingerprint density at radius 3 is 1.92 bits per heavy atom. The summed E-state index contributed by atoms with van der Waals surface area (Å²) in [5, 5.41) is 9.65. The molecule has 0 saturated heterocycles. The van der Waals surface area contributed by atoms with Crippen molar-refractivity contribution in [1.29, 1.82) is 0 Å². The van der Waals surface area contributed by atoms with E-state index in [0.717, 1.165) is 24.8 Å².